The minimum absolute atomic E-state index is 0.281. The Morgan fingerprint density at radius 3 is 3.07 bits per heavy atom. The third-order valence-corrected chi connectivity index (χ3v) is 2.34. The normalized spacial score (nSPS) is 22.4. The molecule has 2 heterocycles. The predicted molar refractivity (Wildman–Crippen MR) is 56.3 cm³/mol. The van der Waals surface area contributed by atoms with Crippen LogP contribution in [0.2, 0.25) is 0 Å². The second-order valence-electron chi connectivity index (χ2n) is 3.58. The van der Waals surface area contributed by atoms with Gasteiger partial charge in [0.2, 0.25) is 0 Å². The summed E-state index contributed by atoms with van der Waals surface area (Å²) < 4.78 is 5.46. The number of aromatic nitrogens is 1. The Morgan fingerprint density at radius 2 is 2.43 bits per heavy atom. The summed E-state index contributed by atoms with van der Waals surface area (Å²) in [6.07, 6.45) is 1.97. The molecule has 0 radical (unpaired) electrons. The molecule has 14 heavy (non-hydrogen) atoms. The van der Waals surface area contributed by atoms with Crippen molar-refractivity contribution >= 4 is 11.5 Å². The predicted octanol–water partition coefficient (Wildman–Crippen LogP) is 0.889. The largest absolute Gasteiger partial charge is 0.397 e. The number of anilines is 2. The number of pyridine rings is 1. The number of morpholine rings is 1. The highest BCUT2D eigenvalue weighted by atomic mass is 16.5. The molecule has 1 aromatic rings. The zero-order valence-corrected chi connectivity index (χ0v) is 8.31. The van der Waals surface area contributed by atoms with Crippen molar-refractivity contribution in [2.24, 2.45) is 0 Å². The van der Waals surface area contributed by atoms with E-state index in [9.17, 15) is 0 Å². The Kier molecular flexibility index (Phi) is 2.54. The Morgan fingerprint density at radius 1 is 1.57 bits per heavy atom. The van der Waals surface area contributed by atoms with Gasteiger partial charge in [0, 0.05) is 13.1 Å². The first-order valence-electron chi connectivity index (χ1n) is 4.84. The summed E-state index contributed by atoms with van der Waals surface area (Å²) >= 11 is 0. The summed E-state index contributed by atoms with van der Waals surface area (Å²) in [7, 11) is 0. The van der Waals surface area contributed by atoms with Crippen LogP contribution in [-0.2, 0) is 4.74 Å². The molecule has 4 heteroatoms. The molecule has 0 saturated carbocycles. The molecule has 0 aromatic carbocycles. The van der Waals surface area contributed by atoms with E-state index in [0.717, 1.165) is 25.5 Å². The molecule has 4 nitrogen and oxygen atoms in total. The zero-order chi connectivity index (χ0) is 9.97. The van der Waals surface area contributed by atoms with Crippen LogP contribution in [0.5, 0.6) is 0 Å². The van der Waals surface area contributed by atoms with E-state index in [2.05, 4.69) is 16.8 Å². The Bertz CT molecular complexity index is 299. The highest BCUT2D eigenvalue weighted by Gasteiger charge is 2.17. The van der Waals surface area contributed by atoms with Gasteiger partial charge in [-0.05, 0) is 19.1 Å². The van der Waals surface area contributed by atoms with E-state index in [-0.39, 0.29) is 6.10 Å². The van der Waals surface area contributed by atoms with Crippen molar-refractivity contribution in [2.45, 2.75) is 13.0 Å². The van der Waals surface area contributed by atoms with Gasteiger partial charge in [0.1, 0.15) is 5.82 Å². The monoisotopic (exact) mass is 193 g/mol. The molecule has 1 aliphatic rings. The summed E-state index contributed by atoms with van der Waals surface area (Å²) in [6, 6.07) is 3.83. The third kappa shape index (κ3) is 1.96. The van der Waals surface area contributed by atoms with Crippen molar-refractivity contribution < 1.29 is 4.74 Å². The fourth-order valence-corrected chi connectivity index (χ4v) is 1.61. The van der Waals surface area contributed by atoms with Crippen molar-refractivity contribution in [3.63, 3.8) is 0 Å². The first kappa shape index (κ1) is 9.27. The lowest BCUT2D eigenvalue weighted by atomic mass is 10.3. The second kappa shape index (κ2) is 3.84. The third-order valence-electron chi connectivity index (χ3n) is 2.34. The van der Waals surface area contributed by atoms with E-state index in [1.54, 1.807) is 6.20 Å². The summed E-state index contributed by atoms with van der Waals surface area (Å²) in [5, 5.41) is 0. The molecule has 0 spiro atoms. The molecular weight excluding hydrogens is 178 g/mol. The lowest BCUT2D eigenvalue weighted by Crippen LogP contribution is -2.41. The second-order valence-corrected chi connectivity index (χ2v) is 3.58. The summed E-state index contributed by atoms with van der Waals surface area (Å²) in [4.78, 5) is 6.50. The number of hydrogen-bond acceptors (Lipinski definition) is 4. The number of nitrogens with two attached hydrogens (primary N) is 1. The van der Waals surface area contributed by atoms with Crippen LogP contribution in [-0.4, -0.2) is 30.8 Å². The Labute approximate surface area is 83.7 Å². The van der Waals surface area contributed by atoms with Crippen LogP contribution in [0.15, 0.2) is 18.3 Å². The average Bonchev–Trinajstić information content (AvgIpc) is 2.19. The summed E-state index contributed by atoms with van der Waals surface area (Å²) in [5.74, 6) is 0.981. The number of nitrogen functional groups attached to an aromatic ring is 1. The summed E-state index contributed by atoms with van der Waals surface area (Å²) in [5.41, 5.74) is 6.28. The minimum atomic E-state index is 0.281. The van der Waals surface area contributed by atoms with E-state index >= 15 is 0 Å². The van der Waals surface area contributed by atoms with Crippen molar-refractivity contribution in [2.75, 3.05) is 30.3 Å². The van der Waals surface area contributed by atoms with Gasteiger partial charge in [0.05, 0.1) is 24.6 Å². The van der Waals surface area contributed by atoms with Gasteiger partial charge in [-0.15, -0.1) is 0 Å². The van der Waals surface area contributed by atoms with Gasteiger partial charge in [-0.2, -0.15) is 0 Å². The molecular formula is C10H15N3O. The zero-order valence-electron chi connectivity index (χ0n) is 8.31. The first-order chi connectivity index (χ1) is 6.75. The summed E-state index contributed by atoms with van der Waals surface area (Å²) in [6.45, 7) is 4.65. The van der Waals surface area contributed by atoms with Crippen LogP contribution >= 0.6 is 0 Å². The van der Waals surface area contributed by atoms with E-state index < -0.39 is 0 Å². The van der Waals surface area contributed by atoms with Gasteiger partial charge >= 0.3 is 0 Å². The number of rotatable bonds is 1. The van der Waals surface area contributed by atoms with E-state index in [0.29, 0.717) is 5.69 Å². The van der Waals surface area contributed by atoms with E-state index in [4.69, 9.17) is 10.5 Å². The molecule has 1 aliphatic heterocycles. The maximum Gasteiger partial charge on any atom is 0.128 e. The molecule has 1 aromatic heterocycles. The highest BCUT2D eigenvalue weighted by Crippen LogP contribution is 2.15. The maximum atomic E-state index is 5.58. The van der Waals surface area contributed by atoms with Crippen LogP contribution in [0.3, 0.4) is 0 Å². The lowest BCUT2D eigenvalue weighted by molar-refractivity contribution is 0.0529. The van der Waals surface area contributed by atoms with E-state index in [1.807, 2.05) is 12.1 Å². The van der Waals surface area contributed by atoms with Gasteiger partial charge in [0.15, 0.2) is 0 Å². The number of hydrogen-bond donors (Lipinski definition) is 1. The van der Waals surface area contributed by atoms with Crippen LogP contribution in [0.1, 0.15) is 6.92 Å². The molecule has 0 unspecified atom stereocenters. The minimum Gasteiger partial charge on any atom is -0.397 e. The number of ether oxygens (including phenoxy) is 1. The van der Waals surface area contributed by atoms with Crippen molar-refractivity contribution in [1.29, 1.82) is 0 Å². The SMILES string of the molecule is C[C@@H]1CN(c2ccc(N)cn2)CCO1. The standard InChI is InChI=1S/C10H15N3O/c1-8-7-13(4-5-14-8)10-3-2-9(11)6-12-10/h2-3,6,8H,4-5,7,11H2,1H3/t8-/m1/s1. The molecule has 2 N–H and O–H groups in total. The molecule has 0 amide bonds. The number of nitrogens with zero attached hydrogens (tertiary/aromatic N) is 2. The first-order valence-corrected chi connectivity index (χ1v) is 4.84. The topological polar surface area (TPSA) is 51.4 Å². The molecule has 76 valence electrons. The molecule has 1 saturated heterocycles. The molecule has 1 fully saturated rings. The van der Waals surface area contributed by atoms with Crippen molar-refractivity contribution in [1.82, 2.24) is 4.98 Å². The molecule has 1 atom stereocenters. The molecule has 2 rings (SSSR count). The molecule has 0 bridgehead atoms. The van der Waals surface area contributed by atoms with Gasteiger partial charge in [-0.3, -0.25) is 0 Å². The van der Waals surface area contributed by atoms with Crippen LogP contribution < -0.4 is 10.6 Å². The maximum absolute atomic E-state index is 5.58. The van der Waals surface area contributed by atoms with Crippen LogP contribution in [0.4, 0.5) is 11.5 Å². The van der Waals surface area contributed by atoms with Crippen molar-refractivity contribution in [3.8, 4) is 0 Å². The Balaban J connectivity index is 2.10. The van der Waals surface area contributed by atoms with E-state index in [1.165, 1.54) is 0 Å². The van der Waals surface area contributed by atoms with Gasteiger partial charge < -0.3 is 15.4 Å². The van der Waals surface area contributed by atoms with Gasteiger partial charge in [0.25, 0.3) is 0 Å². The van der Waals surface area contributed by atoms with Crippen molar-refractivity contribution in [3.05, 3.63) is 18.3 Å². The molecule has 0 aliphatic carbocycles. The average molecular weight is 193 g/mol. The quantitative estimate of drug-likeness (QED) is 0.719. The van der Waals surface area contributed by atoms with Gasteiger partial charge in [-0.25, -0.2) is 4.98 Å². The fraction of sp³-hybridized carbons (Fsp3) is 0.500. The smallest absolute Gasteiger partial charge is 0.128 e. The lowest BCUT2D eigenvalue weighted by Gasteiger charge is -2.31. The highest BCUT2D eigenvalue weighted by molar-refractivity contribution is 5.46. The Hall–Kier alpha value is -1.29. The van der Waals surface area contributed by atoms with Crippen LogP contribution in [0, 0.1) is 0 Å². The van der Waals surface area contributed by atoms with Crippen LogP contribution in [0.25, 0.3) is 0 Å². The van der Waals surface area contributed by atoms with Gasteiger partial charge in [-0.1, -0.05) is 0 Å². The fourth-order valence-electron chi connectivity index (χ4n) is 1.61.